The summed E-state index contributed by atoms with van der Waals surface area (Å²) in [5, 5.41) is 21.2. The summed E-state index contributed by atoms with van der Waals surface area (Å²) in [5.74, 6) is -0.482. The Morgan fingerprint density at radius 1 is 1.43 bits per heavy atom. The molecule has 0 aliphatic carbocycles. The molecule has 0 fully saturated rings. The van der Waals surface area contributed by atoms with Gasteiger partial charge in [0.1, 0.15) is 5.52 Å². The molecule has 3 rings (SSSR count). The number of aliphatic hydroxyl groups excluding tert-OH is 1. The van der Waals surface area contributed by atoms with Gasteiger partial charge in [0.05, 0.1) is 11.0 Å². The Morgan fingerprint density at radius 3 is 2.91 bits per heavy atom. The third kappa shape index (κ3) is 3.18. The van der Waals surface area contributed by atoms with Crippen LogP contribution in [0, 0.1) is 0 Å². The standard InChI is InChI=1S/C17H15NO4S/c1-2-10(17(20)21)8-13(19)11-5-6-12-14(9-11)22-16(18-12)15-4-3-7-23-15/h3-9,13,19H,2H2,1H3,(H,20,21). The van der Waals surface area contributed by atoms with Crippen molar-refractivity contribution in [1.82, 2.24) is 4.98 Å². The van der Waals surface area contributed by atoms with Crippen LogP contribution in [0.1, 0.15) is 25.0 Å². The van der Waals surface area contributed by atoms with Crippen molar-refractivity contribution in [2.24, 2.45) is 0 Å². The molecule has 0 bridgehead atoms. The van der Waals surface area contributed by atoms with Crippen LogP contribution in [-0.4, -0.2) is 21.2 Å². The van der Waals surface area contributed by atoms with Crippen LogP contribution < -0.4 is 0 Å². The molecule has 2 N–H and O–H groups in total. The highest BCUT2D eigenvalue weighted by Gasteiger charge is 2.14. The monoisotopic (exact) mass is 329 g/mol. The lowest BCUT2D eigenvalue weighted by Crippen LogP contribution is -2.03. The summed E-state index contributed by atoms with van der Waals surface area (Å²) in [6.45, 7) is 1.74. The Hall–Kier alpha value is -2.44. The molecule has 1 unspecified atom stereocenters. The molecule has 0 saturated carbocycles. The number of carboxylic acids is 1. The molecule has 6 heteroatoms. The van der Waals surface area contributed by atoms with Crippen molar-refractivity contribution in [3.05, 3.63) is 52.9 Å². The number of aliphatic hydroxyl groups is 1. The number of nitrogens with zero attached hydrogens (tertiary/aromatic N) is 1. The zero-order valence-electron chi connectivity index (χ0n) is 12.4. The minimum atomic E-state index is -1.02. The van der Waals surface area contributed by atoms with Crippen LogP contribution in [0.3, 0.4) is 0 Å². The lowest BCUT2D eigenvalue weighted by atomic mass is 10.0. The number of thiophene rings is 1. The van der Waals surface area contributed by atoms with Crippen molar-refractivity contribution < 1.29 is 19.4 Å². The van der Waals surface area contributed by atoms with Gasteiger partial charge >= 0.3 is 5.97 Å². The Kier molecular flexibility index (Phi) is 4.27. The van der Waals surface area contributed by atoms with Gasteiger partial charge in [0.2, 0.25) is 5.89 Å². The van der Waals surface area contributed by atoms with Crippen LogP contribution in [0.2, 0.25) is 0 Å². The molecule has 1 aromatic carbocycles. The molecular formula is C17H15NO4S. The van der Waals surface area contributed by atoms with Gasteiger partial charge in [-0.2, -0.15) is 0 Å². The molecule has 5 nitrogen and oxygen atoms in total. The third-order valence-electron chi connectivity index (χ3n) is 3.50. The summed E-state index contributed by atoms with van der Waals surface area (Å²) in [5.41, 5.74) is 2.00. The number of oxazole rings is 1. The first-order valence-electron chi connectivity index (χ1n) is 7.15. The summed E-state index contributed by atoms with van der Waals surface area (Å²) in [6, 6.07) is 9.02. The van der Waals surface area contributed by atoms with Gasteiger partial charge in [0.25, 0.3) is 0 Å². The van der Waals surface area contributed by atoms with E-state index in [2.05, 4.69) is 4.98 Å². The summed E-state index contributed by atoms with van der Waals surface area (Å²) in [4.78, 5) is 16.4. The molecular weight excluding hydrogens is 314 g/mol. The summed E-state index contributed by atoms with van der Waals surface area (Å²) >= 11 is 1.54. The second-order valence-electron chi connectivity index (χ2n) is 5.02. The van der Waals surface area contributed by atoms with Crippen molar-refractivity contribution in [1.29, 1.82) is 0 Å². The first kappa shape index (κ1) is 15.5. The number of fused-ring (bicyclic) bond motifs is 1. The second kappa shape index (κ2) is 6.36. The highest BCUT2D eigenvalue weighted by Crippen LogP contribution is 2.29. The fourth-order valence-electron chi connectivity index (χ4n) is 2.26. The number of carbonyl (C=O) groups is 1. The molecule has 1 atom stereocenters. The number of hydrogen-bond acceptors (Lipinski definition) is 5. The maximum absolute atomic E-state index is 11.0. The first-order chi connectivity index (χ1) is 11.1. The first-order valence-corrected chi connectivity index (χ1v) is 8.03. The van der Waals surface area contributed by atoms with Gasteiger partial charge in [-0.15, -0.1) is 11.3 Å². The maximum Gasteiger partial charge on any atom is 0.331 e. The molecule has 2 heterocycles. The van der Waals surface area contributed by atoms with Crippen LogP contribution in [0.4, 0.5) is 0 Å². The van der Waals surface area contributed by atoms with E-state index in [0.29, 0.717) is 29.0 Å². The van der Waals surface area contributed by atoms with Gasteiger partial charge < -0.3 is 14.6 Å². The molecule has 0 spiro atoms. The molecule has 118 valence electrons. The number of aromatic nitrogens is 1. The molecule has 23 heavy (non-hydrogen) atoms. The fourth-order valence-corrected chi connectivity index (χ4v) is 2.91. The highest BCUT2D eigenvalue weighted by molar-refractivity contribution is 7.13. The van der Waals surface area contributed by atoms with Gasteiger partial charge in [-0.25, -0.2) is 9.78 Å². The van der Waals surface area contributed by atoms with Crippen LogP contribution in [0.25, 0.3) is 21.9 Å². The minimum Gasteiger partial charge on any atom is -0.478 e. The predicted octanol–water partition coefficient (Wildman–Crippen LogP) is 4.01. The zero-order chi connectivity index (χ0) is 16.4. The minimum absolute atomic E-state index is 0.175. The second-order valence-corrected chi connectivity index (χ2v) is 5.97. The van der Waals surface area contributed by atoms with E-state index in [1.165, 1.54) is 17.4 Å². The quantitative estimate of drug-likeness (QED) is 0.691. The average molecular weight is 329 g/mol. The number of benzene rings is 1. The van der Waals surface area contributed by atoms with Crippen molar-refractivity contribution in [3.8, 4) is 10.8 Å². The molecule has 3 aromatic rings. The van der Waals surface area contributed by atoms with E-state index >= 15 is 0 Å². The fraction of sp³-hybridized carbons (Fsp3) is 0.176. The van der Waals surface area contributed by atoms with E-state index < -0.39 is 12.1 Å². The van der Waals surface area contributed by atoms with Gasteiger partial charge in [0, 0.05) is 5.57 Å². The van der Waals surface area contributed by atoms with Crippen LogP contribution in [0.5, 0.6) is 0 Å². The highest BCUT2D eigenvalue weighted by atomic mass is 32.1. The Labute approximate surface area is 136 Å². The zero-order valence-corrected chi connectivity index (χ0v) is 13.2. The molecule has 2 aromatic heterocycles. The molecule has 0 radical (unpaired) electrons. The topological polar surface area (TPSA) is 83.6 Å². The van der Waals surface area contributed by atoms with Gasteiger partial charge in [0.15, 0.2) is 5.58 Å². The number of aliphatic carboxylic acids is 1. The summed E-state index contributed by atoms with van der Waals surface area (Å²) in [7, 11) is 0. The van der Waals surface area contributed by atoms with E-state index in [-0.39, 0.29) is 5.57 Å². The van der Waals surface area contributed by atoms with Crippen molar-refractivity contribution in [3.63, 3.8) is 0 Å². The molecule has 0 aliphatic rings. The van der Waals surface area contributed by atoms with Gasteiger partial charge in [-0.3, -0.25) is 0 Å². The molecule has 0 aliphatic heterocycles. The number of hydrogen-bond donors (Lipinski definition) is 2. The van der Waals surface area contributed by atoms with E-state index in [9.17, 15) is 9.90 Å². The van der Waals surface area contributed by atoms with E-state index in [1.54, 1.807) is 25.1 Å². The van der Waals surface area contributed by atoms with Crippen LogP contribution >= 0.6 is 11.3 Å². The third-order valence-corrected chi connectivity index (χ3v) is 4.36. The average Bonchev–Trinajstić information content (AvgIpc) is 3.19. The van der Waals surface area contributed by atoms with E-state index in [1.807, 2.05) is 17.5 Å². The van der Waals surface area contributed by atoms with Crippen LogP contribution in [0.15, 0.2) is 51.8 Å². The lowest BCUT2D eigenvalue weighted by Gasteiger charge is -2.07. The van der Waals surface area contributed by atoms with Crippen molar-refractivity contribution >= 4 is 28.4 Å². The SMILES string of the molecule is CCC(=CC(O)c1ccc2nc(-c3cccs3)oc2c1)C(=O)O. The lowest BCUT2D eigenvalue weighted by molar-refractivity contribution is -0.132. The normalized spacial score (nSPS) is 13.4. The van der Waals surface area contributed by atoms with E-state index in [0.717, 1.165) is 4.88 Å². The molecule has 0 amide bonds. The predicted molar refractivity (Wildman–Crippen MR) is 88.3 cm³/mol. The smallest absolute Gasteiger partial charge is 0.331 e. The summed E-state index contributed by atoms with van der Waals surface area (Å²) in [6.07, 6.45) is 0.695. The Bertz CT molecular complexity index is 864. The number of rotatable bonds is 5. The number of carboxylic acid groups (broad SMARTS) is 1. The summed E-state index contributed by atoms with van der Waals surface area (Å²) < 4.78 is 5.73. The van der Waals surface area contributed by atoms with E-state index in [4.69, 9.17) is 9.52 Å². The Morgan fingerprint density at radius 2 is 2.26 bits per heavy atom. The van der Waals surface area contributed by atoms with Crippen molar-refractivity contribution in [2.75, 3.05) is 0 Å². The van der Waals surface area contributed by atoms with Crippen LogP contribution in [-0.2, 0) is 4.79 Å². The largest absolute Gasteiger partial charge is 0.478 e. The van der Waals surface area contributed by atoms with Gasteiger partial charge in [-0.1, -0.05) is 19.1 Å². The molecule has 0 saturated heterocycles. The maximum atomic E-state index is 11.0. The Balaban J connectivity index is 1.95. The van der Waals surface area contributed by atoms with Gasteiger partial charge in [-0.05, 0) is 41.6 Å². The van der Waals surface area contributed by atoms with Crippen molar-refractivity contribution in [2.45, 2.75) is 19.4 Å².